The zero-order valence-corrected chi connectivity index (χ0v) is 20.2. The highest BCUT2D eigenvalue weighted by Gasteiger charge is 2.36. The lowest BCUT2D eigenvalue weighted by Gasteiger charge is -2.27. The Morgan fingerprint density at radius 3 is 2.05 bits per heavy atom. The Morgan fingerprint density at radius 2 is 1.37 bits per heavy atom. The van der Waals surface area contributed by atoms with Gasteiger partial charge in [-0.2, -0.15) is 0 Å². The molecule has 0 N–H and O–H groups in total. The first-order valence-electron chi connectivity index (χ1n) is 12.0. The summed E-state index contributed by atoms with van der Waals surface area (Å²) in [6, 6.07) is 15.6. The molecule has 5 heterocycles. The summed E-state index contributed by atoms with van der Waals surface area (Å²) in [6.07, 6.45) is 1.53. The lowest BCUT2D eigenvalue weighted by molar-refractivity contribution is 0.0892. The largest absolute Gasteiger partial charge is 0.268 e. The minimum Gasteiger partial charge on any atom is -0.268 e. The number of fused-ring (bicyclic) bond motifs is 5. The molecule has 4 aromatic heterocycles. The molecular formula is C29H16N6O3. The smallest absolute Gasteiger partial charge is 0.267 e. The number of anilines is 1. The van der Waals surface area contributed by atoms with Gasteiger partial charge in [0.05, 0.1) is 11.0 Å². The van der Waals surface area contributed by atoms with Crippen LogP contribution in [0.2, 0.25) is 0 Å². The van der Waals surface area contributed by atoms with Gasteiger partial charge in [-0.1, -0.05) is 6.07 Å². The quantitative estimate of drug-likeness (QED) is 0.311. The summed E-state index contributed by atoms with van der Waals surface area (Å²) in [7, 11) is 0. The molecule has 38 heavy (non-hydrogen) atoms. The van der Waals surface area contributed by atoms with Gasteiger partial charge in [0.1, 0.15) is 5.82 Å². The van der Waals surface area contributed by atoms with E-state index in [1.807, 2.05) is 26.0 Å². The second kappa shape index (κ2) is 6.92. The maximum absolute atomic E-state index is 13.9. The van der Waals surface area contributed by atoms with Crippen LogP contribution in [0.15, 0.2) is 65.6 Å². The van der Waals surface area contributed by atoms with Crippen LogP contribution in [-0.2, 0) is 0 Å². The van der Waals surface area contributed by atoms with Crippen molar-refractivity contribution in [1.82, 2.24) is 24.3 Å². The summed E-state index contributed by atoms with van der Waals surface area (Å²) in [5.41, 5.74) is 4.99. The van der Waals surface area contributed by atoms with E-state index >= 15 is 0 Å². The van der Waals surface area contributed by atoms with Crippen LogP contribution in [0, 0.1) is 13.8 Å². The average Bonchev–Trinajstić information content (AvgIpc) is 3.29. The molecule has 180 valence electrons. The predicted octanol–water partition coefficient (Wildman–Crippen LogP) is 4.35. The normalized spacial score (nSPS) is 13.7. The van der Waals surface area contributed by atoms with E-state index in [2.05, 4.69) is 4.98 Å². The second-order valence-electron chi connectivity index (χ2n) is 9.58. The summed E-state index contributed by atoms with van der Waals surface area (Å²) in [4.78, 5) is 60.4. The van der Waals surface area contributed by atoms with Gasteiger partial charge in [-0.05, 0) is 73.5 Å². The molecule has 0 bridgehead atoms. The molecule has 9 nitrogen and oxygen atoms in total. The average molecular weight is 496 g/mol. The number of rotatable bonds is 1. The van der Waals surface area contributed by atoms with E-state index in [9.17, 15) is 14.4 Å². The van der Waals surface area contributed by atoms with Crippen LogP contribution in [0.5, 0.6) is 0 Å². The second-order valence-corrected chi connectivity index (χ2v) is 9.58. The van der Waals surface area contributed by atoms with Crippen molar-refractivity contribution in [3.63, 3.8) is 0 Å². The van der Waals surface area contributed by atoms with Crippen molar-refractivity contribution in [2.24, 2.45) is 0 Å². The molecule has 9 heteroatoms. The lowest BCUT2D eigenvalue weighted by Crippen LogP contribution is -2.41. The van der Waals surface area contributed by atoms with Crippen molar-refractivity contribution >= 4 is 67.2 Å². The first-order valence-corrected chi connectivity index (χ1v) is 12.0. The minimum atomic E-state index is -0.489. The number of amides is 2. The van der Waals surface area contributed by atoms with Gasteiger partial charge in [0, 0.05) is 38.9 Å². The zero-order valence-electron chi connectivity index (χ0n) is 20.2. The number of nitrogens with zero attached hydrogens (tertiary/aromatic N) is 6. The van der Waals surface area contributed by atoms with Crippen LogP contribution >= 0.6 is 0 Å². The summed E-state index contributed by atoms with van der Waals surface area (Å²) >= 11 is 0. The lowest BCUT2D eigenvalue weighted by atomic mass is 9.90. The highest BCUT2D eigenvalue weighted by atomic mass is 16.2. The van der Waals surface area contributed by atoms with E-state index in [0.717, 1.165) is 16.0 Å². The SMILES string of the molecule is Cc1cc2nc3nc4c5ccc6c7c(ccc(c(=O)n4c3nc2cc1C)c75)C(=O)N(c1ccccn1)C6=O. The topological polar surface area (TPSA) is 110 Å². The minimum absolute atomic E-state index is 0.245. The van der Waals surface area contributed by atoms with E-state index in [0.29, 0.717) is 60.6 Å². The van der Waals surface area contributed by atoms with E-state index < -0.39 is 11.8 Å². The van der Waals surface area contributed by atoms with Crippen LogP contribution in [-0.4, -0.2) is 36.2 Å². The monoisotopic (exact) mass is 496 g/mol. The van der Waals surface area contributed by atoms with E-state index in [-0.39, 0.29) is 11.4 Å². The molecular weight excluding hydrogens is 480 g/mol. The summed E-state index contributed by atoms with van der Waals surface area (Å²) in [5, 5.41) is 2.00. The van der Waals surface area contributed by atoms with Gasteiger partial charge >= 0.3 is 0 Å². The van der Waals surface area contributed by atoms with Gasteiger partial charge in [-0.3, -0.25) is 14.4 Å². The van der Waals surface area contributed by atoms with Crippen molar-refractivity contribution < 1.29 is 9.59 Å². The fourth-order valence-electron chi connectivity index (χ4n) is 5.51. The molecule has 0 unspecified atom stereocenters. The highest BCUT2D eigenvalue weighted by molar-refractivity contribution is 6.38. The predicted molar refractivity (Wildman–Crippen MR) is 143 cm³/mol. The molecule has 0 radical (unpaired) electrons. The fourth-order valence-corrected chi connectivity index (χ4v) is 5.51. The van der Waals surface area contributed by atoms with Gasteiger partial charge in [0.2, 0.25) is 0 Å². The van der Waals surface area contributed by atoms with Gasteiger partial charge in [0.25, 0.3) is 17.4 Å². The zero-order chi connectivity index (χ0) is 25.9. The number of aromatic nitrogens is 5. The molecule has 3 aromatic carbocycles. The van der Waals surface area contributed by atoms with Gasteiger partial charge < -0.3 is 0 Å². The highest BCUT2D eigenvalue weighted by Crippen LogP contribution is 2.38. The molecule has 7 aromatic rings. The molecule has 0 saturated heterocycles. The number of imidazole rings is 1. The van der Waals surface area contributed by atoms with Crippen molar-refractivity contribution in [3.8, 4) is 0 Å². The Balaban J connectivity index is 1.49. The Kier molecular flexibility index (Phi) is 3.79. The number of hydrogen-bond donors (Lipinski definition) is 0. The molecule has 0 atom stereocenters. The third-order valence-electron chi connectivity index (χ3n) is 7.46. The van der Waals surface area contributed by atoms with Gasteiger partial charge in [0.15, 0.2) is 16.9 Å². The third-order valence-corrected chi connectivity index (χ3v) is 7.46. The maximum Gasteiger partial charge on any atom is 0.267 e. The summed E-state index contributed by atoms with van der Waals surface area (Å²) in [5.74, 6) is -0.734. The number of imide groups is 1. The molecule has 8 rings (SSSR count). The Hall–Kier alpha value is -5.31. The number of aryl methyl sites for hydroxylation is 2. The molecule has 1 aliphatic rings. The van der Waals surface area contributed by atoms with Crippen LogP contribution in [0.1, 0.15) is 31.8 Å². The van der Waals surface area contributed by atoms with Crippen LogP contribution in [0.3, 0.4) is 0 Å². The van der Waals surface area contributed by atoms with Gasteiger partial charge in [-0.25, -0.2) is 29.2 Å². The molecule has 1 aliphatic heterocycles. The van der Waals surface area contributed by atoms with Crippen molar-refractivity contribution in [1.29, 1.82) is 0 Å². The van der Waals surface area contributed by atoms with E-state index in [1.165, 1.54) is 10.6 Å². The van der Waals surface area contributed by atoms with Gasteiger partial charge in [-0.15, -0.1) is 0 Å². The van der Waals surface area contributed by atoms with Crippen molar-refractivity contribution in [2.45, 2.75) is 13.8 Å². The Labute approximate surface area is 213 Å². The maximum atomic E-state index is 13.9. The third kappa shape index (κ3) is 2.47. The molecule has 0 fully saturated rings. The standard InChI is InChI=1S/C29H16N6O3/c1-13-11-19-20(12-14(13)2)32-26-24(31-19)33-25-15-6-7-17-23-18(9-8-16(22(15)23)29(38)35(25)26)28(37)34(27(17)36)21-5-3-4-10-30-21/h3-12H,1-2H3. The molecule has 0 saturated carbocycles. The van der Waals surface area contributed by atoms with E-state index in [1.54, 1.807) is 42.5 Å². The van der Waals surface area contributed by atoms with Crippen LogP contribution in [0.25, 0.3) is 49.5 Å². The van der Waals surface area contributed by atoms with Crippen molar-refractivity contribution in [3.05, 3.63) is 93.4 Å². The Bertz CT molecular complexity index is 2250. The summed E-state index contributed by atoms with van der Waals surface area (Å²) in [6.45, 7) is 4.02. The number of pyridine rings is 2. The summed E-state index contributed by atoms with van der Waals surface area (Å²) < 4.78 is 1.48. The molecule has 2 amide bonds. The first kappa shape index (κ1) is 20.8. The number of carbonyl (C=O) groups is 2. The Morgan fingerprint density at radius 1 is 0.684 bits per heavy atom. The van der Waals surface area contributed by atoms with E-state index in [4.69, 9.17) is 15.0 Å². The number of hydrogen-bond acceptors (Lipinski definition) is 7. The van der Waals surface area contributed by atoms with Crippen molar-refractivity contribution in [2.75, 3.05) is 4.90 Å². The first-order chi connectivity index (χ1) is 18.4. The number of carbonyl (C=O) groups excluding carboxylic acids is 2. The number of benzene rings is 3. The van der Waals surface area contributed by atoms with Crippen LogP contribution in [0.4, 0.5) is 5.82 Å². The van der Waals surface area contributed by atoms with Crippen LogP contribution < -0.4 is 10.5 Å². The molecule has 0 aliphatic carbocycles. The molecule has 0 spiro atoms. The fraction of sp³-hybridized carbons (Fsp3) is 0.0690.